The smallest absolute Gasteiger partial charge is 0.258 e. The molecule has 0 bridgehead atoms. The highest BCUT2D eigenvalue weighted by Gasteiger charge is 2.20. The molecule has 1 aliphatic rings. The van der Waals surface area contributed by atoms with Gasteiger partial charge in [0.05, 0.1) is 0 Å². The molecule has 1 aromatic heterocycles. The number of rotatable bonds is 4. The van der Waals surface area contributed by atoms with Gasteiger partial charge in [-0.15, -0.1) is 0 Å². The summed E-state index contributed by atoms with van der Waals surface area (Å²) in [7, 11) is 0. The van der Waals surface area contributed by atoms with Crippen LogP contribution >= 0.6 is 0 Å². The zero-order chi connectivity index (χ0) is 19.5. The second kappa shape index (κ2) is 7.64. The summed E-state index contributed by atoms with van der Waals surface area (Å²) in [5, 5.41) is 6.78. The van der Waals surface area contributed by atoms with Crippen molar-refractivity contribution in [2.45, 2.75) is 19.8 Å². The molecule has 7 nitrogen and oxygen atoms in total. The van der Waals surface area contributed by atoms with E-state index in [9.17, 15) is 9.59 Å². The summed E-state index contributed by atoms with van der Waals surface area (Å²) in [4.78, 5) is 30.2. The van der Waals surface area contributed by atoms with Gasteiger partial charge in [-0.25, -0.2) is 0 Å². The van der Waals surface area contributed by atoms with Crippen molar-refractivity contribution in [2.24, 2.45) is 0 Å². The molecule has 2 heterocycles. The van der Waals surface area contributed by atoms with Crippen molar-refractivity contribution >= 4 is 17.5 Å². The monoisotopic (exact) mass is 376 g/mol. The molecule has 0 spiro atoms. The van der Waals surface area contributed by atoms with E-state index >= 15 is 0 Å². The minimum atomic E-state index is -0.150. The van der Waals surface area contributed by atoms with E-state index in [0.717, 1.165) is 31.5 Å². The Kier molecular flexibility index (Phi) is 4.89. The molecule has 2 amide bonds. The third kappa shape index (κ3) is 3.78. The zero-order valence-electron chi connectivity index (χ0n) is 15.5. The number of nitrogens with one attached hydrogen (secondary N) is 1. The van der Waals surface area contributed by atoms with E-state index in [0.29, 0.717) is 28.5 Å². The maximum atomic E-state index is 12.6. The second-order valence-corrected chi connectivity index (χ2v) is 6.77. The van der Waals surface area contributed by atoms with Crippen LogP contribution in [0.15, 0.2) is 53.1 Å². The first kappa shape index (κ1) is 17.9. The van der Waals surface area contributed by atoms with E-state index in [-0.39, 0.29) is 11.8 Å². The number of likely N-dealkylation sites (tertiary alicyclic amines) is 1. The molecule has 3 aromatic rings. The van der Waals surface area contributed by atoms with Crippen molar-refractivity contribution in [1.82, 2.24) is 15.0 Å². The van der Waals surface area contributed by atoms with Crippen LogP contribution in [0.3, 0.4) is 0 Å². The summed E-state index contributed by atoms with van der Waals surface area (Å²) in [6.07, 6.45) is 2.11. The SMILES string of the molecule is CC(=O)Nc1cccc(-c2nc(-c3cccc(C(=O)N4CCCC4)c3)no2)c1. The number of hydrogen-bond donors (Lipinski definition) is 1. The molecule has 0 radical (unpaired) electrons. The normalized spacial score (nSPS) is 13.5. The van der Waals surface area contributed by atoms with E-state index in [1.165, 1.54) is 6.92 Å². The average Bonchev–Trinajstić information content (AvgIpc) is 3.39. The summed E-state index contributed by atoms with van der Waals surface area (Å²) < 4.78 is 5.40. The van der Waals surface area contributed by atoms with Gasteiger partial charge in [0.2, 0.25) is 11.7 Å². The van der Waals surface area contributed by atoms with E-state index in [1.807, 2.05) is 29.2 Å². The van der Waals surface area contributed by atoms with Crippen molar-refractivity contribution in [1.29, 1.82) is 0 Å². The molecule has 1 N–H and O–H groups in total. The second-order valence-electron chi connectivity index (χ2n) is 6.77. The molecule has 1 saturated heterocycles. The average molecular weight is 376 g/mol. The van der Waals surface area contributed by atoms with Crippen molar-refractivity contribution in [3.8, 4) is 22.8 Å². The lowest BCUT2D eigenvalue weighted by Crippen LogP contribution is -2.27. The molecule has 0 unspecified atom stereocenters. The van der Waals surface area contributed by atoms with Crippen molar-refractivity contribution in [3.05, 3.63) is 54.1 Å². The van der Waals surface area contributed by atoms with Gasteiger partial charge in [0.25, 0.3) is 11.8 Å². The Balaban J connectivity index is 1.58. The maximum absolute atomic E-state index is 12.6. The van der Waals surface area contributed by atoms with Crippen LogP contribution in [-0.4, -0.2) is 39.9 Å². The molecule has 1 fully saturated rings. The Morgan fingerprint density at radius 3 is 2.57 bits per heavy atom. The van der Waals surface area contributed by atoms with Crippen LogP contribution in [0.5, 0.6) is 0 Å². The summed E-state index contributed by atoms with van der Waals surface area (Å²) in [6.45, 7) is 3.06. The quantitative estimate of drug-likeness (QED) is 0.752. The summed E-state index contributed by atoms with van der Waals surface area (Å²) in [6, 6.07) is 14.5. The molecule has 2 aromatic carbocycles. The summed E-state index contributed by atoms with van der Waals surface area (Å²) >= 11 is 0. The molecule has 28 heavy (non-hydrogen) atoms. The molecule has 1 aliphatic heterocycles. The topological polar surface area (TPSA) is 88.3 Å². The third-order valence-corrected chi connectivity index (χ3v) is 4.62. The van der Waals surface area contributed by atoms with Crippen LogP contribution in [0.1, 0.15) is 30.1 Å². The highest BCUT2D eigenvalue weighted by molar-refractivity contribution is 5.95. The number of benzene rings is 2. The first-order chi connectivity index (χ1) is 13.6. The molecule has 142 valence electrons. The number of hydrogen-bond acceptors (Lipinski definition) is 5. The predicted octanol–water partition coefficient (Wildman–Crippen LogP) is 3.60. The van der Waals surface area contributed by atoms with Crippen LogP contribution in [0, 0.1) is 0 Å². The van der Waals surface area contributed by atoms with Crippen molar-refractivity contribution in [3.63, 3.8) is 0 Å². The number of carbonyl (C=O) groups is 2. The Bertz CT molecular complexity index is 1020. The fraction of sp³-hybridized carbons (Fsp3) is 0.238. The van der Waals surface area contributed by atoms with Crippen LogP contribution in [0.2, 0.25) is 0 Å². The van der Waals surface area contributed by atoms with Gasteiger partial charge in [-0.1, -0.05) is 23.4 Å². The third-order valence-electron chi connectivity index (χ3n) is 4.62. The van der Waals surface area contributed by atoms with Crippen molar-refractivity contribution in [2.75, 3.05) is 18.4 Å². The molecule has 0 aliphatic carbocycles. The Hall–Kier alpha value is -3.48. The predicted molar refractivity (Wildman–Crippen MR) is 105 cm³/mol. The lowest BCUT2D eigenvalue weighted by molar-refractivity contribution is -0.114. The summed E-state index contributed by atoms with van der Waals surface area (Å²) in [5.41, 5.74) is 2.70. The lowest BCUT2D eigenvalue weighted by Gasteiger charge is -2.15. The number of aromatic nitrogens is 2. The number of anilines is 1. The first-order valence-electron chi connectivity index (χ1n) is 9.21. The van der Waals surface area contributed by atoms with Gasteiger partial charge in [-0.2, -0.15) is 4.98 Å². The fourth-order valence-corrected chi connectivity index (χ4v) is 3.29. The summed E-state index contributed by atoms with van der Waals surface area (Å²) in [5.74, 6) is 0.642. The number of carbonyl (C=O) groups excluding carboxylic acids is 2. The van der Waals surface area contributed by atoms with Gasteiger partial charge in [-0.3, -0.25) is 9.59 Å². The fourth-order valence-electron chi connectivity index (χ4n) is 3.29. The van der Waals surface area contributed by atoms with Crippen molar-refractivity contribution < 1.29 is 14.1 Å². The Labute approximate surface area is 162 Å². The van der Waals surface area contributed by atoms with Crippen LogP contribution in [0.4, 0.5) is 5.69 Å². The highest BCUT2D eigenvalue weighted by atomic mass is 16.5. The van der Waals surface area contributed by atoms with Crippen LogP contribution in [-0.2, 0) is 4.79 Å². The molecule has 4 rings (SSSR count). The Morgan fingerprint density at radius 1 is 1.04 bits per heavy atom. The van der Waals surface area contributed by atoms with Gasteiger partial charge >= 0.3 is 0 Å². The standard InChI is InChI=1S/C21H20N4O3/c1-14(26)22-18-9-5-7-16(13-18)20-23-19(24-28-20)15-6-4-8-17(12-15)21(27)25-10-2-3-11-25/h4-9,12-13H,2-3,10-11H2,1H3,(H,22,26). The van der Waals surface area contributed by atoms with E-state index in [4.69, 9.17) is 4.52 Å². The molecular formula is C21H20N4O3. The molecule has 7 heteroatoms. The van der Waals surface area contributed by atoms with Gasteiger partial charge in [-0.05, 0) is 43.2 Å². The maximum Gasteiger partial charge on any atom is 0.258 e. The minimum Gasteiger partial charge on any atom is -0.339 e. The minimum absolute atomic E-state index is 0.0334. The Morgan fingerprint density at radius 2 is 1.79 bits per heavy atom. The van der Waals surface area contributed by atoms with Gasteiger partial charge in [0.1, 0.15) is 0 Å². The zero-order valence-corrected chi connectivity index (χ0v) is 15.5. The van der Waals surface area contributed by atoms with E-state index in [1.54, 1.807) is 24.3 Å². The van der Waals surface area contributed by atoms with Crippen LogP contribution in [0.25, 0.3) is 22.8 Å². The van der Waals surface area contributed by atoms with Gasteiger partial charge in [0.15, 0.2) is 0 Å². The van der Waals surface area contributed by atoms with Gasteiger partial charge in [0, 0.05) is 42.4 Å². The molecular weight excluding hydrogens is 356 g/mol. The van der Waals surface area contributed by atoms with E-state index < -0.39 is 0 Å². The van der Waals surface area contributed by atoms with E-state index in [2.05, 4.69) is 15.5 Å². The van der Waals surface area contributed by atoms with Crippen LogP contribution < -0.4 is 5.32 Å². The highest BCUT2D eigenvalue weighted by Crippen LogP contribution is 2.25. The molecule has 0 atom stereocenters. The molecule has 0 saturated carbocycles. The van der Waals surface area contributed by atoms with Gasteiger partial charge < -0.3 is 14.7 Å². The number of nitrogens with zero attached hydrogens (tertiary/aromatic N) is 3. The largest absolute Gasteiger partial charge is 0.339 e. The lowest BCUT2D eigenvalue weighted by atomic mass is 10.1. The first-order valence-corrected chi connectivity index (χ1v) is 9.21. The number of amides is 2.